The van der Waals surface area contributed by atoms with Crippen LogP contribution >= 0.6 is 0 Å². The maximum Gasteiger partial charge on any atom is 0.220 e. The quantitative estimate of drug-likeness (QED) is 0.250. The summed E-state index contributed by atoms with van der Waals surface area (Å²) in [5, 5.41) is 10.2. The van der Waals surface area contributed by atoms with Gasteiger partial charge >= 0.3 is 0 Å². The van der Waals surface area contributed by atoms with Crippen LogP contribution in [0.5, 0.6) is 0 Å². The molecule has 172 valence electrons. The van der Waals surface area contributed by atoms with E-state index in [9.17, 15) is 4.79 Å². The van der Waals surface area contributed by atoms with E-state index in [1.165, 1.54) is 0 Å². The van der Waals surface area contributed by atoms with Gasteiger partial charge in [-0.25, -0.2) is 0 Å². The molecule has 0 aromatic carbocycles. The Kier molecular flexibility index (Phi) is 14.1. The first-order valence-corrected chi connectivity index (χ1v) is 11.8. The molecule has 1 unspecified atom stereocenters. The van der Waals surface area contributed by atoms with Crippen molar-refractivity contribution in [3.8, 4) is 0 Å². The van der Waals surface area contributed by atoms with E-state index in [0.29, 0.717) is 25.0 Å². The topological polar surface area (TPSA) is 62.4 Å². The van der Waals surface area contributed by atoms with Crippen molar-refractivity contribution in [1.29, 1.82) is 0 Å². The molecule has 0 saturated heterocycles. The van der Waals surface area contributed by atoms with E-state index in [-0.39, 0.29) is 23.1 Å². The van der Waals surface area contributed by atoms with Crippen molar-refractivity contribution in [2.75, 3.05) is 13.2 Å². The highest BCUT2D eigenvalue weighted by molar-refractivity contribution is 6.29. The van der Waals surface area contributed by atoms with Crippen molar-refractivity contribution in [2.45, 2.75) is 124 Å². The number of nitrogens with one attached hydrogen (secondary N) is 3. The molecule has 1 atom stereocenters. The summed E-state index contributed by atoms with van der Waals surface area (Å²) in [6, 6.07) is 0.717. The molecule has 5 nitrogen and oxygen atoms in total. The lowest BCUT2D eigenvalue weighted by molar-refractivity contribution is -0.124. The minimum atomic E-state index is -0.287. The summed E-state index contributed by atoms with van der Waals surface area (Å²) >= 11 is 0. The average Bonchev–Trinajstić information content (AvgIpc) is 2.57. The maximum atomic E-state index is 12.5. The second-order valence-electron chi connectivity index (χ2n) is 10.3. The lowest BCUT2D eigenvalue weighted by atomic mass is 9.96. The number of unbranched alkanes of at least 4 members (excludes halogenated alkanes) is 1. The molecule has 0 aromatic rings. The van der Waals surface area contributed by atoms with Gasteiger partial charge in [-0.2, -0.15) is 0 Å². The van der Waals surface area contributed by atoms with Crippen LogP contribution in [0.3, 0.4) is 0 Å². The second kappa shape index (κ2) is 14.4. The molecule has 3 N–H and O–H groups in total. The normalized spacial score (nSPS) is 13.8. The standard InChI is InChI=1S/C23H50BN3O2/c1-18(2)20(12-10-11-16-25-24-9)26-21(28)13-14-23(7,8)29-17-15-22(5,6)27-19(3)4/h18-20,24-25,27H,10-17H2,1-9H3,(H,26,28). The highest BCUT2D eigenvalue weighted by atomic mass is 16.5. The highest BCUT2D eigenvalue weighted by Gasteiger charge is 2.24. The lowest BCUT2D eigenvalue weighted by Crippen LogP contribution is -2.45. The van der Waals surface area contributed by atoms with Crippen LogP contribution in [0, 0.1) is 5.92 Å². The van der Waals surface area contributed by atoms with Gasteiger partial charge in [0.1, 0.15) is 0 Å². The van der Waals surface area contributed by atoms with Crippen LogP contribution in [0.25, 0.3) is 0 Å². The van der Waals surface area contributed by atoms with Gasteiger partial charge in [0.25, 0.3) is 0 Å². The summed E-state index contributed by atoms with van der Waals surface area (Å²) in [5.41, 5.74) is -0.233. The Hall–Kier alpha value is -0.585. The first-order chi connectivity index (χ1) is 13.4. The van der Waals surface area contributed by atoms with Crippen molar-refractivity contribution in [1.82, 2.24) is 15.9 Å². The molecular formula is C23H50BN3O2. The van der Waals surface area contributed by atoms with Crippen LogP contribution in [0.4, 0.5) is 0 Å². The summed E-state index contributed by atoms with van der Waals surface area (Å²) < 4.78 is 6.13. The van der Waals surface area contributed by atoms with Crippen molar-refractivity contribution in [3.63, 3.8) is 0 Å². The molecule has 0 aliphatic heterocycles. The number of carbonyl (C=O) groups excluding carboxylic acids is 1. The maximum absolute atomic E-state index is 12.5. The molecule has 0 aliphatic rings. The Morgan fingerprint density at radius 1 is 1.03 bits per heavy atom. The zero-order chi connectivity index (χ0) is 22.5. The van der Waals surface area contributed by atoms with Crippen LogP contribution in [-0.2, 0) is 9.53 Å². The van der Waals surface area contributed by atoms with E-state index in [1.54, 1.807) is 0 Å². The zero-order valence-electron chi connectivity index (χ0n) is 20.9. The summed E-state index contributed by atoms with van der Waals surface area (Å²) in [4.78, 5) is 12.5. The smallest absolute Gasteiger partial charge is 0.220 e. The molecule has 0 bridgehead atoms. The van der Waals surface area contributed by atoms with E-state index in [2.05, 4.69) is 78.1 Å². The van der Waals surface area contributed by atoms with E-state index in [1.807, 2.05) is 0 Å². The van der Waals surface area contributed by atoms with Crippen LogP contribution < -0.4 is 15.9 Å². The number of hydrogen-bond acceptors (Lipinski definition) is 4. The van der Waals surface area contributed by atoms with Gasteiger partial charge in [0.05, 0.1) is 5.60 Å². The number of rotatable bonds is 17. The first kappa shape index (κ1) is 28.4. The third kappa shape index (κ3) is 15.9. The first-order valence-electron chi connectivity index (χ1n) is 11.8. The Morgan fingerprint density at radius 3 is 2.24 bits per heavy atom. The van der Waals surface area contributed by atoms with Gasteiger partial charge in [0.15, 0.2) is 7.41 Å². The number of ether oxygens (including phenoxy) is 1. The van der Waals surface area contributed by atoms with Crippen LogP contribution in [0.2, 0.25) is 6.82 Å². The molecule has 0 fully saturated rings. The van der Waals surface area contributed by atoms with Crippen molar-refractivity contribution >= 4 is 13.3 Å². The van der Waals surface area contributed by atoms with Gasteiger partial charge in [-0.05, 0) is 65.8 Å². The Labute approximate surface area is 182 Å². The number of amides is 1. The van der Waals surface area contributed by atoms with Crippen LogP contribution in [-0.4, -0.2) is 49.7 Å². The molecule has 6 heteroatoms. The zero-order valence-corrected chi connectivity index (χ0v) is 20.9. The van der Waals surface area contributed by atoms with Gasteiger partial charge in [0.2, 0.25) is 5.91 Å². The molecule has 0 aromatic heterocycles. The van der Waals surface area contributed by atoms with E-state index >= 15 is 0 Å². The predicted molar refractivity (Wildman–Crippen MR) is 128 cm³/mol. The fourth-order valence-electron chi connectivity index (χ4n) is 3.56. The van der Waals surface area contributed by atoms with Gasteiger partial charge in [-0.1, -0.05) is 40.9 Å². The van der Waals surface area contributed by atoms with Crippen molar-refractivity contribution in [3.05, 3.63) is 0 Å². The third-order valence-corrected chi connectivity index (χ3v) is 5.37. The minimum Gasteiger partial charge on any atom is -0.375 e. The summed E-state index contributed by atoms with van der Waals surface area (Å²) in [6.07, 6.45) is 5.56. The highest BCUT2D eigenvalue weighted by Crippen LogP contribution is 2.20. The Balaban J connectivity index is 4.26. The number of carbonyl (C=O) groups is 1. The van der Waals surface area contributed by atoms with E-state index in [0.717, 1.165) is 46.1 Å². The fourth-order valence-corrected chi connectivity index (χ4v) is 3.56. The minimum absolute atomic E-state index is 0.0543. The monoisotopic (exact) mass is 411 g/mol. The molecule has 0 saturated carbocycles. The predicted octanol–water partition coefficient (Wildman–Crippen LogP) is 4.03. The summed E-state index contributed by atoms with van der Waals surface area (Å²) in [5.74, 6) is 0.604. The molecule has 0 spiro atoms. The van der Waals surface area contributed by atoms with Crippen LogP contribution in [0.15, 0.2) is 0 Å². The molecule has 29 heavy (non-hydrogen) atoms. The van der Waals surface area contributed by atoms with E-state index in [4.69, 9.17) is 4.74 Å². The van der Waals surface area contributed by atoms with Gasteiger partial charge in [-0.15, -0.1) is 0 Å². The average molecular weight is 411 g/mol. The third-order valence-electron chi connectivity index (χ3n) is 5.37. The number of hydrogen-bond donors (Lipinski definition) is 3. The van der Waals surface area contributed by atoms with Crippen molar-refractivity contribution < 1.29 is 9.53 Å². The Morgan fingerprint density at radius 2 is 1.69 bits per heavy atom. The van der Waals surface area contributed by atoms with Crippen LogP contribution in [0.1, 0.15) is 93.9 Å². The van der Waals surface area contributed by atoms with Gasteiger partial charge < -0.3 is 20.6 Å². The largest absolute Gasteiger partial charge is 0.375 e. The molecule has 0 heterocycles. The SMILES string of the molecule is CBNCCCCC(NC(=O)CCC(C)(C)OCCC(C)(C)NC(C)C)C(C)C. The molecule has 0 radical (unpaired) electrons. The molecule has 0 aliphatic carbocycles. The van der Waals surface area contributed by atoms with E-state index < -0.39 is 0 Å². The fraction of sp³-hybridized carbons (Fsp3) is 0.957. The Bertz CT molecular complexity index is 440. The second-order valence-corrected chi connectivity index (χ2v) is 10.3. The molecular weight excluding hydrogens is 361 g/mol. The summed E-state index contributed by atoms with van der Waals surface area (Å²) in [7, 11) is 1.02. The molecule has 0 rings (SSSR count). The van der Waals surface area contributed by atoms with Gasteiger partial charge in [0, 0.05) is 30.7 Å². The lowest BCUT2D eigenvalue weighted by Gasteiger charge is -2.32. The van der Waals surface area contributed by atoms with Gasteiger partial charge in [-0.3, -0.25) is 4.79 Å². The molecule has 1 amide bonds. The van der Waals surface area contributed by atoms with Crippen molar-refractivity contribution in [2.24, 2.45) is 5.92 Å². The summed E-state index contributed by atoms with van der Waals surface area (Å²) in [6.45, 7) is 21.2.